The lowest BCUT2D eigenvalue weighted by atomic mass is 10.1. The molecule has 1 aromatic carbocycles. The highest BCUT2D eigenvalue weighted by molar-refractivity contribution is 5.66. The minimum absolute atomic E-state index is 0.0381. The van der Waals surface area contributed by atoms with Crippen molar-refractivity contribution in [3.05, 3.63) is 33.9 Å². The Morgan fingerprint density at radius 2 is 2.24 bits per heavy atom. The fourth-order valence-corrected chi connectivity index (χ4v) is 1.48. The van der Waals surface area contributed by atoms with Gasteiger partial charge < -0.3 is 9.84 Å². The average molecular weight is 239 g/mol. The first-order chi connectivity index (χ1) is 8.04. The molecule has 0 fully saturated rings. The van der Waals surface area contributed by atoms with Crippen LogP contribution in [0.4, 0.5) is 5.69 Å². The van der Waals surface area contributed by atoms with Crippen LogP contribution in [0.1, 0.15) is 18.4 Å². The second kappa shape index (κ2) is 5.83. The summed E-state index contributed by atoms with van der Waals surface area (Å²) in [6.07, 6.45) is 1.07. The number of nitro benzene ring substituents is 1. The van der Waals surface area contributed by atoms with E-state index in [0.717, 1.165) is 5.56 Å². The molecule has 0 aromatic heterocycles. The van der Waals surface area contributed by atoms with Crippen LogP contribution in [0.2, 0.25) is 0 Å². The molecular weight excluding hydrogens is 226 g/mol. The lowest BCUT2D eigenvalue weighted by Gasteiger charge is -2.07. The van der Waals surface area contributed by atoms with Crippen molar-refractivity contribution in [3.63, 3.8) is 0 Å². The molecule has 92 valence electrons. The molecule has 1 aromatic rings. The maximum atomic E-state index is 10.6. The number of nitrogens with zero attached hydrogens (tertiary/aromatic N) is 1. The van der Waals surface area contributed by atoms with Crippen molar-refractivity contribution in [3.8, 4) is 5.75 Å². The van der Waals surface area contributed by atoms with Crippen molar-refractivity contribution in [2.75, 3.05) is 7.11 Å². The van der Waals surface area contributed by atoms with Crippen molar-refractivity contribution in [1.82, 2.24) is 0 Å². The molecule has 6 heteroatoms. The number of ether oxygens (including phenoxy) is 1. The number of methoxy groups -OCH3 is 1. The van der Waals surface area contributed by atoms with Gasteiger partial charge in [0.15, 0.2) is 0 Å². The fraction of sp³-hybridized carbons (Fsp3) is 0.364. The third-order valence-electron chi connectivity index (χ3n) is 2.32. The van der Waals surface area contributed by atoms with Crippen molar-refractivity contribution in [2.45, 2.75) is 19.3 Å². The highest BCUT2D eigenvalue weighted by Crippen LogP contribution is 2.25. The first kappa shape index (κ1) is 13.0. The zero-order valence-electron chi connectivity index (χ0n) is 9.38. The van der Waals surface area contributed by atoms with E-state index in [0.29, 0.717) is 18.6 Å². The highest BCUT2D eigenvalue weighted by atomic mass is 16.6. The van der Waals surface area contributed by atoms with E-state index in [1.807, 2.05) is 0 Å². The Hall–Kier alpha value is -2.11. The van der Waals surface area contributed by atoms with E-state index < -0.39 is 10.9 Å². The molecule has 0 unspecified atom stereocenters. The fourth-order valence-electron chi connectivity index (χ4n) is 1.48. The molecule has 0 aliphatic rings. The van der Waals surface area contributed by atoms with Gasteiger partial charge in [-0.15, -0.1) is 0 Å². The van der Waals surface area contributed by atoms with Gasteiger partial charge >= 0.3 is 5.97 Å². The first-order valence-corrected chi connectivity index (χ1v) is 5.07. The third kappa shape index (κ3) is 3.75. The second-order valence-corrected chi connectivity index (χ2v) is 3.50. The number of non-ortho nitro benzene ring substituents is 1. The molecule has 6 nitrogen and oxygen atoms in total. The van der Waals surface area contributed by atoms with Crippen molar-refractivity contribution in [1.29, 1.82) is 0 Å². The maximum absolute atomic E-state index is 10.6. The Bertz CT molecular complexity index is 430. The van der Waals surface area contributed by atoms with Gasteiger partial charge in [0.05, 0.1) is 18.1 Å². The number of nitro groups is 1. The van der Waals surface area contributed by atoms with Gasteiger partial charge in [-0.2, -0.15) is 0 Å². The van der Waals surface area contributed by atoms with Gasteiger partial charge in [0, 0.05) is 12.5 Å². The van der Waals surface area contributed by atoms with Crippen LogP contribution in [0.3, 0.4) is 0 Å². The molecular formula is C11H13NO5. The molecule has 0 amide bonds. The van der Waals surface area contributed by atoms with E-state index in [-0.39, 0.29) is 12.1 Å². The van der Waals surface area contributed by atoms with E-state index >= 15 is 0 Å². The van der Waals surface area contributed by atoms with Gasteiger partial charge in [-0.25, -0.2) is 0 Å². The summed E-state index contributed by atoms with van der Waals surface area (Å²) in [6, 6.07) is 4.33. The predicted octanol–water partition coefficient (Wildman–Crippen LogP) is 2.01. The first-order valence-electron chi connectivity index (χ1n) is 5.07. The molecule has 17 heavy (non-hydrogen) atoms. The zero-order chi connectivity index (χ0) is 12.8. The van der Waals surface area contributed by atoms with Crippen LogP contribution in [0.5, 0.6) is 5.75 Å². The second-order valence-electron chi connectivity index (χ2n) is 3.50. The summed E-state index contributed by atoms with van der Waals surface area (Å²) < 4.78 is 5.04. The molecule has 0 aliphatic carbocycles. The van der Waals surface area contributed by atoms with Crippen LogP contribution in [-0.2, 0) is 11.2 Å². The summed E-state index contributed by atoms with van der Waals surface area (Å²) in [5.74, 6) is -0.435. The van der Waals surface area contributed by atoms with E-state index in [1.54, 1.807) is 6.07 Å². The summed E-state index contributed by atoms with van der Waals surface area (Å²) in [6.45, 7) is 0. The topological polar surface area (TPSA) is 89.7 Å². The number of carboxylic acids is 1. The minimum atomic E-state index is -0.856. The number of hydrogen-bond acceptors (Lipinski definition) is 4. The largest absolute Gasteiger partial charge is 0.496 e. The molecule has 1 N–H and O–H groups in total. The SMILES string of the molecule is COc1cc([N+](=O)[O-])ccc1CCCC(=O)O. The smallest absolute Gasteiger partial charge is 0.303 e. The molecule has 0 aliphatic heterocycles. The molecule has 1 rings (SSSR count). The van der Waals surface area contributed by atoms with Gasteiger partial charge in [-0.05, 0) is 24.5 Å². The molecule has 0 spiro atoms. The lowest BCUT2D eigenvalue weighted by Crippen LogP contribution is -1.98. The highest BCUT2D eigenvalue weighted by Gasteiger charge is 2.11. The molecule has 0 heterocycles. The number of aryl methyl sites for hydroxylation is 1. The number of aliphatic carboxylic acids is 1. The van der Waals surface area contributed by atoms with Gasteiger partial charge in [-0.1, -0.05) is 0 Å². The number of carbonyl (C=O) groups is 1. The molecule has 0 saturated carbocycles. The van der Waals surface area contributed by atoms with Gasteiger partial charge in [0.25, 0.3) is 5.69 Å². The lowest BCUT2D eigenvalue weighted by molar-refractivity contribution is -0.384. The van der Waals surface area contributed by atoms with E-state index in [9.17, 15) is 14.9 Å². The van der Waals surface area contributed by atoms with Gasteiger partial charge in [0.1, 0.15) is 5.75 Å². The molecule has 0 saturated heterocycles. The maximum Gasteiger partial charge on any atom is 0.303 e. The monoisotopic (exact) mass is 239 g/mol. The number of carboxylic acid groups (broad SMARTS) is 1. The minimum Gasteiger partial charge on any atom is -0.496 e. The van der Waals surface area contributed by atoms with E-state index in [4.69, 9.17) is 9.84 Å². The third-order valence-corrected chi connectivity index (χ3v) is 2.32. The van der Waals surface area contributed by atoms with Gasteiger partial charge in [0.2, 0.25) is 0 Å². The quantitative estimate of drug-likeness (QED) is 0.605. The van der Waals surface area contributed by atoms with Crippen LogP contribution in [0, 0.1) is 10.1 Å². The number of rotatable bonds is 6. The van der Waals surface area contributed by atoms with Crippen LogP contribution < -0.4 is 4.74 Å². The van der Waals surface area contributed by atoms with Crippen LogP contribution in [0.15, 0.2) is 18.2 Å². The number of benzene rings is 1. The van der Waals surface area contributed by atoms with Crippen molar-refractivity contribution >= 4 is 11.7 Å². The summed E-state index contributed by atoms with van der Waals surface area (Å²) in [5, 5.41) is 19.1. The van der Waals surface area contributed by atoms with Crippen LogP contribution in [0.25, 0.3) is 0 Å². The zero-order valence-corrected chi connectivity index (χ0v) is 9.38. The molecule has 0 bridgehead atoms. The standard InChI is InChI=1S/C11H13NO5/c1-17-10-7-9(12(15)16)6-5-8(10)3-2-4-11(13)14/h5-7H,2-4H2,1H3,(H,13,14). The summed E-state index contributed by atoms with van der Waals surface area (Å²) >= 11 is 0. The Labute approximate surface area is 98.0 Å². The molecule has 0 radical (unpaired) electrons. The predicted molar refractivity (Wildman–Crippen MR) is 60.2 cm³/mol. The Morgan fingerprint density at radius 1 is 1.53 bits per heavy atom. The van der Waals surface area contributed by atoms with Crippen LogP contribution in [-0.4, -0.2) is 23.1 Å². The van der Waals surface area contributed by atoms with Crippen molar-refractivity contribution < 1.29 is 19.6 Å². The summed E-state index contributed by atoms with van der Waals surface area (Å²) in [7, 11) is 1.43. The summed E-state index contributed by atoms with van der Waals surface area (Å²) in [5.41, 5.74) is 0.739. The summed E-state index contributed by atoms with van der Waals surface area (Å²) in [4.78, 5) is 20.4. The molecule has 0 atom stereocenters. The normalized spacial score (nSPS) is 9.94. The average Bonchev–Trinajstić information content (AvgIpc) is 2.28. The van der Waals surface area contributed by atoms with Gasteiger partial charge in [-0.3, -0.25) is 14.9 Å². The van der Waals surface area contributed by atoms with Crippen molar-refractivity contribution in [2.24, 2.45) is 0 Å². The number of hydrogen-bond donors (Lipinski definition) is 1. The Morgan fingerprint density at radius 3 is 2.76 bits per heavy atom. The van der Waals surface area contributed by atoms with Crippen LogP contribution >= 0.6 is 0 Å². The Balaban J connectivity index is 2.78. The Kier molecular flexibility index (Phi) is 4.45. The van der Waals surface area contributed by atoms with E-state index in [2.05, 4.69) is 0 Å². The van der Waals surface area contributed by atoms with E-state index in [1.165, 1.54) is 19.2 Å².